The van der Waals surface area contributed by atoms with Gasteiger partial charge in [-0.3, -0.25) is 4.98 Å². The number of benzene rings is 4. The molecule has 0 saturated carbocycles. The van der Waals surface area contributed by atoms with E-state index >= 15 is 0 Å². The van der Waals surface area contributed by atoms with Crippen LogP contribution in [0.15, 0.2) is 85.1 Å². The summed E-state index contributed by atoms with van der Waals surface area (Å²) < 4.78 is 0. The van der Waals surface area contributed by atoms with Crippen LogP contribution in [0, 0.1) is 0 Å². The van der Waals surface area contributed by atoms with E-state index in [4.69, 9.17) is 4.98 Å². The minimum atomic E-state index is 0.913. The maximum atomic E-state index is 4.90. The molecule has 3 heterocycles. The van der Waals surface area contributed by atoms with Gasteiger partial charge in [-0.25, -0.2) is 0 Å². The first-order valence-electron chi connectivity index (χ1n) is 12.6. The fourth-order valence-electron chi connectivity index (χ4n) is 7.17. The maximum Gasteiger partial charge on any atom is 0.0716 e. The number of nitrogens with zero attached hydrogens (tertiary/aromatic N) is 2. The van der Waals surface area contributed by atoms with Crippen molar-refractivity contribution in [3.8, 4) is 22.3 Å². The summed E-state index contributed by atoms with van der Waals surface area (Å²) in [6.07, 6.45) is 5.96. The smallest absolute Gasteiger partial charge is 0.0716 e. The minimum absolute atomic E-state index is 0.913. The third-order valence-electron chi connectivity index (χ3n) is 8.62. The van der Waals surface area contributed by atoms with Crippen LogP contribution in [0.3, 0.4) is 0 Å². The minimum Gasteiger partial charge on any atom is -0.308 e. The third kappa shape index (κ3) is 2.23. The maximum absolute atomic E-state index is 4.90. The molecule has 0 unspecified atom stereocenters. The summed E-state index contributed by atoms with van der Waals surface area (Å²) in [6, 6.07) is 29.5. The van der Waals surface area contributed by atoms with E-state index in [9.17, 15) is 0 Å². The zero-order valence-electron chi connectivity index (χ0n) is 19.3. The topological polar surface area (TPSA) is 16.1 Å². The molecule has 9 rings (SSSR count). The fraction of sp³-hybridized carbons (Fsp3) is 0.121. The Hall–Kier alpha value is -4.17. The highest BCUT2D eigenvalue weighted by atomic mass is 15.2. The van der Waals surface area contributed by atoms with Gasteiger partial charge in [0.05, 0.1) is 17.1 Å². The van der Waals surface area contributed by atoms with Crippen molar-refractivity contribution in [1.82, 2.24) is 4.98 Å². The van der Waals surface area contributed by atoms with Gasteiger partial charge in [0.1, 0.15) is 0 Å². The molecule has 0 saturated heterocycles. The van der Waals surface area contributed by atoms with Gasteiger partial charge in [0.25, 0.3) is 0 Å². The van der Waals surface area contributed by atoms with Crippen molar-refractivity contribution in [2.24, 2.45) is 0 Å². The Labute approximate surface area is 204 Å². The number of hydrogen-bond donors (Lipinski definition) is 0. The summed E-state index contributed by atoms with van der Waals surface area (Å²) in [6.45, 7) is 0. The van der Waals surface area contributed by atoms with Crippen LogP contribution in [-0.4, -0.2) is 4.98 Å². The van der Waals surface area contributed by atoms with Gasteiger partial charge in [-0.05, 0) is 92.2 Å². The van der Waals surface area contributed by atoms with Crippen molar-refractivity contribution in [3.05, 3.63) is 130 Å². The number of pyridine rings is 1. The lowest BCUT2D eigenvalue weighted by molar-refractivity contribution is 0.949. The largest absolute Gasteiger partial charge is 0.308 e. The molecule has 0 N–H and O–H groups in total. The first kappa shape index (κ1) is 18.2. The zero-order chi connectivity index (χ0) is 22.7. The number of fused-ring (bicyclic) bond motifs is 12. The fourth-order valence-corrected chi connectivity index (χ4v) is 7.17. The van der Waals surface area contributed by atoms with E-state index in [0.29, 0.717) is 0 Å². The van der Waals surface area contributed by atoms with Gasteiger partial charge in [0.15, 0.2) is 0 Å². The predicted octanol–water partition coefficient (Wildman–Crippen LogP) is 7.50. The molecule has 4 aromatic carbocycles. The SMILES string of the molecule is c1ccc2c(c1)Cc1c-2ccc2c1-c1ccc3c(c1C2)Cc1nccc2c1N3c1ccccc1C2. The van der Waals surface area contributed by atoms with Crippen molar-refractivity contribution in [2.75, 3.05) is 4.90 Å². The summed E-state index contributed by atoms with van der Waals surface area (Å²) in [7, 11) is 0. The average Bonchev–Trinajstić information content (AvgIpc) is 3.47. The van der Waals surface area contributed by atoms with Crippen LogP contribution in [0.2, 0.25) is 0 Å². The molecule has 0 spiro atoms. The first-order valence-corrected chi connectivity index (χ1v) is 12.6. The van der Waals surface area contributed by atoms with Crippen molar-refractivity contribution in [1.29, 1.82) is 0 Å². The highest BCUT2D eigenvalue weighted by Gasteiger charge is 2.36. The molecule has 2 aliphatic heterocycles. The van der Waals surface area contributed by atoms with E-state index in [1.165, 1.54) is 84.0 Å². The van der Waals surface area contributed by atoms with Crippen molar-refractivity contribution >= 4 is 17.1 Å². The predicted molar refractivity (Wildman–Crippen MR) is 141 cm³/mol. The van der Waals surface area contributed by atoms with Crippen molar-refractivity contribution in [3.63, 3.8) is 0 Å². The summed E-state index contributed by atoms with van der Waals surface area (Å²) in [5.41, 5.74) is 21.1. The van der Waals surface area contributed by atoms with E-state index in [2.05, 4.69) is 83.8 Å². The Morgan fingerprint density at radius 1 is 0.514 bits per heavy atom. The van der Waals surface area contributed by atoms with Gasteiger partial charge in [-0.2, -0.15) is 0 Å². The first-order chi connectivity index (χ1) is 17.3. The Kier molecular flexibility index (Phi) is 3.27. The van der Waals surface area contributed by atoms with Gasteiger partial charge in [-0.1, -0.05) is 60.7 Å². The van der Waals surface area contributed by atoms with Crippen LogP contribution >= 0.6 is 0 Å². The monoisotopic (exact) mass is 446 g/mol. The molecule has 35 heavy (non-hydrogen) atoms. The molecule has 5 aromatic rings. The van der Waals surface area contributed by atoms with Gasteiger partial charge in [0.2, 0.25) is 0 Å². The second kappa shape index (κ2) is 6.28. The molecular formula is C33H22N2. The molecule has 2 nitrogen and oxygen atoms in total. The quantitative estimate of drug-likeness (QED) is 0.240. The van der Waals surface area contributed by atoms with Gasteiger partial charge < -0.3 is 4.90 Å². The number of rotatable bonds is 0. The molecule has 164 valence electrons. The Morgan fingerprint density at radius 2 is 1.34 bits per heavy atom. The Bertz CT molecular complexity index is 1760. The molecule has 0 atom stereocenters. The van der Waals surface area contributed by atoms with Crippen LogP contribution in [0.25, 0.3) is 22.3 Å². The van der Waals surface area contributed by atoms with E-state index in [0.717, 1.165) is 25.7 Å². The molecule has 0 fully saturated rings. The zero-order valence-corrected chi connectivity index (χ0v) is 19.3. The van der Waals surface area contributed by atoms with Crippen molar-refractivity contribution in [2.45, 2.75) is 25.7 Å². The van der Waals surface area contributed by atoms with Crippen LogP contribution in [0.5, 0.6) is 0 Å². The normalized spacial score (nSPS) is 14.9. The lowest BCUT2D eigenvalue weighted by Gasteiger charge is -2.39. The summed E-state index contributed by atoms with van der Waals surface area (Å²) in [5.74, 6) is 0. The van der Waals surface area contributed by atoms with Gasteiger partial charge in [-0.15, -0.1) is 0 Å². The Balaban J connectivity index is 1.28. The number of aromatic nitrogens is 1. The summed E-state index contributed by atoms with van der Waals surface area (Å²) in [4.78, 5) is 7.40. The lowest BCUT2D eigenvalue weighted by Crippen LogP contribution is -2.26. The molecule has 0 amide bonds. The number of anilines is 3. The Morgan fingerprint density at radius 3 is 2.31 bits per heavy atom. The summed E-state index contributed by atoms with van der Waals surface area (Å²) >= 11 is 0. The highest BCUT2D eigenvalue weighted by Crippen LogP contribution is 2.54. The van der Waals surface area contributed by atoms with Gasteiger partial charge in [0, 0.05) is 24.7 Å². The lowest BCUT2D eigenvalue weighted by atomic mass is 9.86. The van der Waals surface area contributed by atoms with Crippen molar-refractivity contribution < 1.29 is 0 Å². The van der Waals surface area contributed by atoms with Crippen LogP contribution in [0.4, 0.5) is 17.1 Å². The molecular weight excluding hydrogens is 424 g/mol. The van der Waals surface area contributed by atoms with Crippen LogP contribution < -0.4 is 4.90 Å². The van der Waals surface area contributed by atoms with Gasteiger partial charge >= 0.3 is 0 Å². The van der Waals surface area contributed by atoms with Crippen LogP contribution in [-0.2, 0) is 25.7 Å². The third-order valence-corrected chi connectivity index (χ3v) is 8.62. The second-order valence-electron chi connectivity index (χ2n) is 10.3. The van der Waals surface area contributed by atoms with E-state index < -0.39 is 0 Å². The molecule has 0 radical (unpaired) electrons. The molecule has 2 aliphatic carbocycles. The van der Waals surface area contributed by atoms with E-state index in [1.54, 1.807) is 0 Å². The van der Waals surface area contributed by atoms with E-state index in [-0.39, 0.29) is 0 Å². The summed E-state index contributed by atoms with van der Waals surface area (Å²) in [5, 5.41) is 0. The molecule has 1 aromatic heterocycles. The number of para-hydroxylation sites is 1. The standard InChI is InChI=1S/C33H22N2/c1-3-7-23-19(5-1)16-28-24(23)10-9-21-17-26-25(32(21)28)11-12-31-27(26)18-29-33-22(13-14-34-29)15-20-6-2-4-8-30(20)35(31)33/h1-14H,15-18H2. The highest BCUT2D eigenvalue weighted by molar-refractivity contribution is 5.95. The molecule has 0 bridgehead atoms. The van der Waals surface area contributed by atoms with E-state index in [1.807, 2.05) is 6.20 Å². The molecule has 4 aliphatic rings. The average molecular weight is 447 g/mol. The number of hydrogen-bond acceptors (Lipinski definition) is 2. The van der Waals surface area contributed by atoms with Crippen LogP contribution in [0.1, 0.15) is 44.6 Å². The second-order valence-corrected chi connectivity index (χ2v) is 10.3. The molecule has 2 heteroatoms.